The monoisotopic (exact) mass is 197 g/mol. The lowest BCUT2D eigenvalue weighted by molar-refractivity contribution is -0.140. The van der Waals surface area contributed by atoms with Gasteiger partial charge in [-0.15, -0.1) is 0 Å². The van der Waals surface area contributed by atoms with Crippen molar-refractivity contribution in [2.45, 2.75) is 12.1 Å². The Morgan fingerprint density at radius 1 is 1.64 bits per heavy atom. The van der Waals surface area contributed by atoms with Gasteiger partial charge in [0.1, 0.15) is 6.04 Å². The van der Waals surface area contributed by atoms with Crippen molar-refractivity contribution in [3.05, 3.63) is 24.0 Å². The number of aliphatic carboxylic acids is 1. The minimum atomic E-state index is -1.00. The summed E-state index contributed by atoms with van der Waals surface area (Å²) in [6, 6.07) is 2.39. The Morgan fingerprint density at radius 3 is 2.64 bits per heavy atom. The predicted octanol–water partition coefficient (Wildman–Crippen LogP) is 0.0293. The molecule has 78 valence electrons. The average Bonchev–Trinajstić information content (AvgIpc) is 2.56. The molecule has 1 rings (SSSR count). The third kappa shape index (κ3) is 2.12. The van der Waals surface area contributed by atoms with Crippen molar-refractivity contribution in [1.29, 1.82) is 0 Å². The first kappa shape index (κ1) is 10.7. The van der Waals surface area contributed by atoms with Crippen LogP contribution in [-0.4, -0.2) is 41.1 Å². The molecule has 2 atom stereocenters. The van der Waals surface area contributed by atoms with Gasteiger partial charge in [0.2, 0.25) is 0 Å². The second-order valence-corrected chi connectivity index (χ2v) is 3.40. The summed E-state index contributed by atoms with van der Waals surface area (Å²) in [4.78, 5) is 15.5. The minimum Gasteiger partial charge on any atom is -0.480 e. The molecule has 1 heterocycles. The Kier molecular flexibility index (Phi) is 3.27. The van der Waals surface area contributed by atoms with Crippen molar-refractivity contribution < 1.29 is 9.90 Å². The van der Waals surface area contributed by atoms with E-state index in [0.29, 0.717) is 0 Å². The molecule has 0 saturated carbocycles. The molecule has 0 spiro atoms. The van der Waals surface area contributed by atoms with Crippen LogP contribution in [0.15, 0.2) is 18.3 Å². The third-order valence-electron chi connectivity index (χ3n) is 2.12. The number of hydrogen-bond acceptors (Lipinski definition) is 3. The fraction of sp³-hybridized carbons (Fsp3) is 0.444. The van der Waals surface area contributed by atoms with Crippen molar-refractivity contribution in [2.75, 3.05) is 14.1 Å². The second-order valence-electron chi connectivity index (χ2n) is 3.40. The lowest BCUT2D eigenvalue weighted by Gasteiger charge is -2.26. The lowest BCUT2D eigenvalue weighted by atomic mass is 10.1. The summed E-state index contributed by atoms with van der Waals surface area (Å²) in [5, 5.41) is 8.83. The Labute approximate surface area is 82.5 Å². The number of aromatic nitrogens is 1. The van der Waals surface area contributed by atoms with E-state index in [9.17, 15) is 4.79 Å². The van der Waals surface area contributed by atoms with E-state index in [0.717, 1.165) is 5.69 Å². The number of likely N-dealkylation sites (N-methyl/N-ethyl adjacent to an activating group) is 1. The SMILES string of the molecule is CN(C)C(c1ccc[nH]1)C(N)C(=O)O. The Hall–Kier alpha value is -1.33. The molecule has 0 radical (unpaired) electrons. The Balaban J connectivity index is 2.91. The topological polar surface area (TPSA) is 82.3 Å². The number of hydrogen-bond donors (Lipinski definition) is 3. The number of H-pyrrole nitrogens is 1. The van der Waals surface area contributed by atoms with Gasteiger partial charge in [-0.2, -0.15) is 0 Å². The summed E-state index contributed by atoms with van der Waals surface area (Å²) in [5.41, 5.74) is 6.40. The first-order valence-corrected chi connectivity index (χ1v) is 4.32. The molecule has 1 aromatic heterocycles. The second kappa shape index (κ2) is 4.26. The summed E-state index contributed by atoms with van der Waals surface area (Å²) in [6.07, 6.45) is 1.75. The molecule has 2 unspecified atom stereocenters. The number of carboxylic acid groups (broad SMARTS) is 1. The van der Waals surface area contributed by atoms with Gasteiger partial charge in [0.15, 0.2) is 0 Å². The lowest BCUT2D eigenvalue weighted by Crippen LogP contribution is -2.43. The van der Waals surface area contributed by atoms with Crippen LogP contribution < -0.4 is 5.73 Å². The van der Waals surface area contributed by atoms with Gasteiger partial charge in [-0.3, -0.25) is 9.69 Å². The van der Waals surface area contributed by atoms with Crippen molar-refractivity contribution in [3.8, 4) is 0 Å². The maximum Gasteiger partial charge on any atom is 0.322 e. The van der Waals surface area contributed by atoms with Gasteiger partial charge >= 0.3 is 5.97 Å². The number of aromatic amines is 1. The molecule has 0 aliphatic carbocycles. The highest BCUT2D eigenvalue weighted by Crippen LogP contribution is 2.19. The summed E-state index contributed by atoms with van der Waals surface area (Å²) >= 11 is 0. The number of nitrogens with zero attached hydrogens (tertiary/aromatic N) is 1. The van der Waals surface area contributed by atoms with Crippen molar-refractivity contribution in [2.24, 2.45) is 5.73 Å². The van der Waals surface area contributed by atoms with E-state index in [1.165, 1.54) is 0 Å². The quantitative estimate of drug-likeness (QED) is 0.636. The van der Waals surface area contributed by atoms with Gasteiger partial charge < -0.3 is 15.8 Å². The van der Waals surface area contributed by atoms with E-state index < -0.39 is 12.0 Å². The normalized spacial score (nSPS) is 15.4. The van der Waals surface area contributed by atoms with E-state index >= 15 is 0 Å². The van der Waals surface area contributed by atoms with Crippen molar-refractivity contribution in [3.63, 3.8) is 0 Å². The zero-order valence-corrected chi connectivity index (χ0v) is 8.27. The van der Waals surface area contributed by atoms with Crippen LogP contribution in [-0.2, 0) is 4.79 Å². The predicted molar refractivity (Wildman–Crippen MR) is 52.8 cm³/mol. The van der Waals surface area contributed by atoms with Gasteiger partial charge in [0.05, 0.1) is 6.04 Å². The molecule has 0 aliphatic rings. The highest BCUT2D eigenvalue weighted by Gasteiger charge is 2.28. The van der Waals surface area contributed by atoms with Crippen molar-refractivity contribution in [1.82, 2.24) is 9.88 Å². The molecule has 5 heteroatoms. The average molecular weight is 197 g/mol. The largest absolute Gasteiger partial charge is 0.480 e. The standard InChI is InChI=1S/C9H15N3O2/c1-12(2)8(7(10)9(13)14)6-4-3-5-11-6/h3-5,7-8,11H,10H2,1-2H3,(H,13,14). The van der Waals surface area contributed by atoms with Gasteiger partial charge in [-0.1, -0.05) is 0 Å². The van der Waals surface area contributed by atoms with Gasteiger partial charge in [-0.25, -0.2) is 0 Å². The number of nitrogens with one attached hydrogen (secondary N) is 1. The number of nitrogens with two attached hydrogens (primary N) is 1. The molecule has 0 bridgehead atoms. The van der Waals surface area contributed by atoms with Crippen LogP contribution in [0, 0.1) is 0 Å². The molecular formula is C9H15N3O2. The molecule has 0 aromatic carbocycles. The van der Waals surface area contributed by atoms with Gasteiger partial charge in [0.25, 0.3) is 0 Å². The third-order valence-corrected chi connectivity index (χ3v) is 2.12. The van der Waals surface area contributed by atoms with Gasteiger partial charge in [0, 0.05) is 11.9 Å². The Bertz CT molecular complexity index is 295. The number of rotatable bonds is 4. The van der Waals surface area contributed by atoms with Crippen LogP contribution in [0.3, 0.4) is 0 Å². The molecule has 5 nitrogen and oxygen atoms in total. The maximum atomic E-state index is 10.8. The molecule has 1 aromatic rings. The van der Waals surface area contributed by atoms with Crippen LogP contribution >= 0.6 is 0 Å². The molecule has 0 saturated heterocycles. The van der Waals surface area contributed by atoms with Crippen LogP contribution in [0.5, 0.6) is 0 Å². The zero-order valence-electron chi connectivity index (χ0n) is 8.27. The van der Waals surface area contributed by atoms with Crippen LogP contribution in [0.2, 0.25) is 0 Å². The molecular weight excluding hydrogens is 182 g/mol. The summed E-state index contributed by atoms with van der Waals surface area (Å²) < 4.78 is 0. The van der Waals surface area contributed by atoms with Crippen molar-refractivity contribution >= 4 is 5.97 Å². The molecule has 4 N–H and O–H groups in total. The van der Waals surface area contributed by atoms with E-state index in [1.54, 1.807) is 25.2 Å². The highest BCUT2D eigenvalue weighted by atomic mass is 16.4. The summed E-state index contributed by atoms with van der Waals surface area (Å²) in [6.45, 7) is 0. The fourth-order valence-corrected chi connectivity index (χ4v) is 1.46. The zero-order chi connectivity index (χ0) is 10.7. The summed E-state index contributed by atoms with van der Waals surface area (Å²) in [7, 11) is 3.60. The van der Waals surface area contributed by atoms with Crippen LogP contribution in [0.4, 0.5) is 0 Å². The van der Waals surface area contributed by atoms with E-state index in [-0.39, 0.29) is 6.04 Å². The molecule has 0 amide bonds. The van der Waals surface area contributed by atoms with Crippen LogP contribution in [0.25, 0.3) is 0 Å². The maximum absolute atomic E-state index is 10.8. The van der Waals surface area contributed by atoms with E-state index in [2.05, 4.69) is 4.98 Å². The highest BCUT2D eigenvalue weighted by molar-refractivity contribution is 5.74. The molecule has 0 aliphatic heterocycles. The first-order valence-electron chi connectivity index (χ1n) is 4.32. The van der Waals surface area contributed by atoms with E-state index in [1.807, 2.05) is 12.1 Å². The number of carbonyl (C=O) groups is 1. The molecule has 14 heavy (non-hydrogen) atoms. The van der Waals surface area contributed by atoms with E-state index in [4.69, 9.17) is 10.8 Å². The molecule has 0 fully saturated rings. The summed E-state index contributed by atoms with van der Waals surface area (Å²) in [5.74, 6) is -1.00. The van der Waals surface area contributed by atoms with Gasteiger partial charge in [-0.05, 0) is 26.2 Å². The fourth-order valence-electron chi connectivity index (χ4n) is 1.46. The van der Waals surface area contributed by atoms with Crippen LogP contribution in [0.1, 0.15) is 11.7 Å². The first-order chi connectivity index (χ1) is 6.54. The number of carboxylic acids is 1. The Morgan fingerprint density at radius 2 is 2.29 bits per heavy atom. The smallest absolute Gasteiger partial charge is 0.322 e. The minimum absolute atomic E-state index is 0.331.